The first-order valence-electron chi connectivity index (χ1n) is 9.20. The zero-order valence-corrected chi connectivity index (χ0v) is 15.8. The molecule has 1 aliphatic rings. The van der Waals surface area contributed by atoms with Crippen molar-refractivity contribution in [3.05, 3.63) is 70.4 Å². The molecule has 130 valence electrons. The summed E-state index contributed by atoms with van der Waals surface area (Å²) in [7, 11) is 2.22. The first kappa shape index (κ1) is 16.7. The summed E-state index contributed by atoms with van der Waals surface area (Å²) >= 11 is 6.32. The molecule has 2 heterocycles. The Balaban J connectivity index is 1.68. The Bertz CT molecular complexity index is 882. The summed E-state index contributed by atoms with van der Waals surface area (Å²) in [6, 6.07) is 17.6. The molecule has 2 aromatic carbocycles. The highest BCUT2D eigenvalue weighted by atomic mass is 35.5. The molecule has 3 aromatic rings. The number of fused-ring (bicyclic) bond motifs is 3. The Morgan fingerprint density at radius 2 is 1.92 bits per heavy atom. The van der Waals surface area contributed by atoms with Crippen LogP contribution < -0.4 is 0 Å². The molecule has 0 N–H and O–H groups in total. The lowest BCUT2D eigenvalue weighted by atomic mass is 9.97. The molecule has 4 rings (SSSR count). The van der Waals surface area contributed by atoms with Gasteiger partial charge in [0.1, 0.15) is 0 Å². The van der Waals surface area contributed by atoms with Crippen molar-refractivity contribution in [1.29, 1.82) is 0 Å². The first-order valence-corrected chi connectivity index (χ1v) is 9.57. The third kappa shape index (κ3) is 3.09. The van der Waals surface area contributed by atoms with E-state index in [2.05, 4.69) is 65.9 Å². The van der Waals surface area contributed by atoms with E-state index in [0.717, 1.165) is 37.4 Å². The van der Waals surface area contributed by atoms with E-state index >= 15 is 0 Å². The maximum Gasteiger partial charge on any atom is 0.0487 e. The van der Waals surface area contributed by atoms with Gasteiger partial charge in [0.15, 0.2) is 0 Å². The topological polar surface area (TPSA) is 8.17 Å². The fraction of sp³-hybridized carbons (Fsp3) is 0.364. The van der Waals surface area contributed by atoms with Crippen molar-refractivity contribution in [2.24, 2.45) is 0 Å². The highest BCUT2D eigenvalue weighted by Gasteiger charge is 2.27. The number of halogens is 1. The second-order valence-corrected chi connectivity index (χ2v) is 7.61. The SMILES string of the molecule is CC1c2c(n(CCCc3ccccc3)c3ccc(Cl)cc23)CCN1C. The van der Waals surface area contributed by atoms with E-state index in [4.69, 9.17) is 11.6 Å². The lowest BCUT2D eigenvalue weighted by Gasteiger charge is -2.31. The monoisotopic (exact) mass is 352 g/mol. The highest BCUT2D eigenvalue weighted by molar-refractivity contribution is 6.31. The van der Waals surface area contributed by atoms with Gasteiger partial charge in [-0.1, -0.05) is 41.9 Å². The molecule has 1 atom stereocenters. The van der Waals surface area contributed by atoms with Crippen LogP contribution in [-0.2, 0) is 19.4 Å². The Morgan fingerprint density at radius 1 is 1.12 bits per heavy atom. The van der Waals surface area contributed by atoms with E-state index in [1.807, 2.05) is 6.07 Å². The maximum absolute atomic E-state index is 6.32. The van der Waals surface area contributed by atoms with Gasteiger partial charge in [-0.05, 0) is 56.1 Å². The minimum absolute atomic E-state index is 0.445. The molecule has 25 heavy (non-hydrogen) atoms. The van der Waals surface area contributed by atoms with Gasteiger partial charge in [0.25, 0.3) is 0 Å². The number of benzene rings is 2. The summed E-state index contributed by atoms with van der Waals surface area (Å²) in [5.41, 5.74) is 5.75. The molecular formula is C22H25ClN2. The summed E-state index contributed by atoms with van der Waals surface area (Å²) in [4.78, 5) is 2.44. The van der Waals surface area contributed by atoms with E-state index < -0.39 is 0 Å². The maximum atomic E-state index is 6.32. The Labute approximate surface area is 155 Å². The smallest absolute Gasteiger partial charge is 0.0487 e. The predicted molar refractivity (Wildman–Crippen MR) is 106 cm³/mol. The average molecular weight is 353 g/mol. The number of aryl methyl sites for hydroxylation is 2. The van der Waals surface area contributed by atoms with Crippen molar-refractivity contribution in [2.45, 2.75) is 38.8 Å². The van der Waals surface area contributed by atoms with Crippen LogP contribution >= 0.6 is 11.6 Å². The molecule has 1 aromatic heterocycles. The number of likely N-dealkylation sites (N-methyl/N-ethyl adjacent to an activating group) is 1. The predicted octanol–water partition coefficient (Wildman–Crippen LogP) is 5.48. The number of hydrogen-bond donors (Lipinski definition) is 0. The van der Waals surface area contributed by atoms with Gasteiger partial charge < -0.3 is 4.57 Å². The zero-order chi connectivity index (χ0) is 17.4. The molecule has 0 saturated carbocycles. The Morgan fingerprint density at radius 3 is 2.72 bits per heavy atom. The lowest BCUT2D eigenvalue weighted by Crippen LogP contribution is -2.31. The van der Waals surface area contributed by atoms with Crippen molar-refractivity contribution in [2.75, 3.05) is 13.6 Å². The van der Waals surface area contributed by atoms with Crippen LogP contribution in [0.3, 0.4) is 0 Å². The van der Waals surface area contributed by atoms with Gasteiger partial charge in [0.05, 0.1) is 0 Å². The molecule has 0 radical (unpaired) electrons. The molecule has 0 amide bonds. The van der Waals surface area contributed by atoms with Crippen LogP contribution in [0, 0.1) is 0 Å². The quantitative estimate of drug-likeness (QED) is 0.603. The van der Waals surface area contributed by atoms with Gasteiger partial charge in [-0.15, -0.1) is 0 Å². The minimum Gasteiger partial charge on any atom is -0.344 e. The normalized spacial score (nSPS) is 17.8. The van der Waals surface area contributed by atoms with Crippen molar-refractivity contribution in [1.82, 2.24) is 9.47 Å². The van der Waals surface area contributed by atoms with Crippen LogP contribution in [0.5, 0.6) is 0 Å². The van der Waals surface area contributed by atoms with E-state index in [0.29, 0.717) is 6.04 Å². The van der Waals surface area contributed by atoms with Crippen molar-refractivity contribution in [3.63, 3.8) is 0 Å². The zero-order valence-electron chi connectivity index (χ0n) is 15.0. The first-order chi connectivity index (χ1) is 12.1. The summed E-state index contributed by atoms with van der Waals surface area (Å²) in [5, 5.41) is 2.17. The average Bonchev–Trinajstić information content (AvgIpc) is 2.93. The fourth-order valence-corrected chi connectivity index (χ4v) is 4.35. The van der Waals surface area contributed by atoms with Crippen LogP contribution in [0.15, 0.2) is 48.5 Å². The van der Waals surface area contributed by atoms with E-state index in [9.17, 15) is 0 Å². The second kappa shape index (κ2) is 6.86. The number of nitrogens with zero attached hydrogens (tertiary/aromatic N) is 2. The molecule has 3 heteroatoms. The van der Waals surface area contributed by atoms with Crippen molar-refractivity contribution in [3.8, 4) is 0 Å². The van der Waals surface area contributed by atoms with Crippen LogP contribution in [0.25, 0.3) is 10.9 Å². The molecule has 0 saturated heterocycles. The van der Waals surface area contributed by atoms with Gasteiger partial charge in [-0.3, -0.25) is 4.90 Å². The van der Waals surface area contributed by atoms with E-state index in [-0.39, 0.29) is 0 Å². The summed E-state index contributed by atoms with van der Waals surface area (Å²) < 4.78 is 2.55. The fourth-order valence-electron chi connectivity index (χ4n) is 4.18. The molecule has 1 unspecified atom stereocenters. The lowest BCUT2D eigenvalue weighted by molar-refractivity contribution is 0.245. The highest BCUT2D eigenvalue weighted by Crippen LogP contribution is 2.38. The third-order valence-electron chi connectivity index (χ3n) is 5.65. The molecule has 0 bridgehead atoms. The Hall–Kier alpha value is -1.77. The van der Waals surface area contributed by atoms with Crippen LogP contribution in [0.2, 0.25) is 5.02 Å². The summed E-state index contributed by atoms with van der Waals surface area (Å²) in [6.07, 6.45) is 3.40. The largest absolute Gasteiger partial charge is 0.344 e. The van der Waals surface area contributed by atoms with Crippen molar-refractivity contribution < 1.29 is 0 Å². The Kier molecular flexibility index (Phi) is 4.58. The van der Waals surface area contributed by atoms with Crippen LogP contribution in [0.1, 0.15) is 36.2 Å². The minimum atomic E-state index is 0.445. The van der Waals surface area contributed by atoms with Crippen LogP contribution in [0.4, 0.5) is 0 Å². The molecule has 0 aliphatic carbocycles. The van der Waals surface area contributed by atoms with Gasteiger partial charge in [-0.2, -0.15) is 0 Å². The number of rotatable bonds is 4. The molecular weight excluding hydrogens is 328 g/mol. The van der Waals surface area contributed by atoms with Gasteiger partial charge >= 0.3 is 0 Å². The van der Waals surface area contributed by atoms with E-state index in [1.165, 1.54) is 27.7 Å². The van der Waals surface area contributed by atoms with Crippen molar-refractivity contribution >= 4 is 22.5 Å². The molecule has 0 fully saturated rings. The van der Waals surface area contributed by atoms with Gasteiger partial charge in [-0.25, -0.2) is 0 Å². The molecule has 2 nitrogen and oxygen atoms in total. The molecule has 0 spiro atoms. The number of aromatic nitrogens is 1. The summed E-state index contributed by atoms with van der Waals surface area (Å²) in [5.74, 6) is 0. The van der Waals surface area contributed by atoms with Gasteiger partial charge in [0, 0.05) is 47.2 Å². The summed E-state index contributed by atoms with van der Waals surface area (Å²) in [6.45, 7) is 4.50. The second-order valence-electron chi connectivity index (χ2n) is 7.17. The molecule has 1 aliphatic heterocycles. The third-order valence-corrected chi connectivity index (χ3v) is 5.88. The van der Waals surface area contributed by atoms with Gasteiger partial charge in [0.2, 0.25) is 0 Å². The standard InChI is InChI=1S/C22H25ClN2/c1-16-22-19-15-18(23)10-11-20(19)25(21(22)12-14-24(16)2)13-6-9-17-7-4-3-5-8-17/h3-5,7-8,10-11,15-16H,6,9,12-14H2,1-2H3. The van der Waals surface area contributed by atoms with Crippen LogP contribution in [-0.4, -0.2) is 23.1 Å². The number of hydrogen-bond acceptors (Lipinski definition) is 1. The van der Waals surface area contributed by atoms with E-state index in [1.54, 1.807) is 0 Å².